The Labute approximate surface area is 733 Å². The van der Waals surface area contributed by atoms with Crippen LogP contribution in [0.2, 0.25) is 0 Å². The van der Waals surface area contributed by atoms with Crippen molar-refractivity contribution >= 4 is 174 Å². The Morgan fingerprint density at radius 1 is 0.227 bits per heavy atom. The van der Waals surface area contributed by atoms with Crippen LogP contribution in [0, 0.1) is 0 Å². The molecule has 1 aliphatic rings. The highest BCUT2D eigenvalue weighted by atomic mass is 16.3. The molecule has 0 N–H and O–H groups in total. The van der Waals surface area contributed by atoms with E-state index < -0.39 is 0 Å². The van der Waals surface area contributed by atoms with E-state index in [1.165, 1.54) is 136 Å². The summed E-state index contributed by atoms with van der Waals surface area (Å²) in [7, 11) is 0. The van der Waals surface area contributed by atoms with Crippen LogP contribution in [0.1, 0.15) is 25.0 Å². The van der Waals surface area contributed by atoms with Crippen molar-refractivity contribution < 1.29 is 4.42 Å². The fourth-order valence-corrected chi connectivity index (χ4v) is 21.6. The van der Waals surface area contributed by atoms with Crippen LogP contribution >= 0.6 is 0 Å². The van der Waals surface area contributed by atoms with Gasteiger partial charge in [-0.25, -0.2) is 19.9 Å². The van der Waals surface area contributed by atoms with E-state index in [1.54, 1.807) is 0 Å². The minimum atomic E-state index is -0.186. The fraction of sp³-hybridized carbons (Fsp3) is 0.0252. The Balaban J connectivity index is 0.000000132. The second-order valence-electron chi connectivity index (χ2n) is 34.7. The maximum atomic E-state index is 6.32. The largest absolute Gasteiger partial charge is 0.456 e. The van der Waals surface area contributed by atoms with E-state index in [4.69, 9.17) is 24.4 Å². The zero-order chi connectivity index (χ0) is 84.1. The monoisotopic (exact) mass is 1630 g/mol. The van der Waals surface area contributed by atoms with Crippen molar-refractivity contribution in [1.29, 1.82) is 0 Å². The van der Waals surface area contributed by atoms with Gasteiger partial charge in [-0.15, -0.1) is 0 Å². The molecule has 7 heterocycles. The molecule has 0 radical (unpaired) electrons. The number of hydrogen-bond acceptors (Lipinski definition) is 5. The van der Waals surface area contributed by atoms with Crippen molar-refractivity contribution in [2.45, 2.75) is 19.3 Å². The van der Waals surface area contributed by atoms with Gasteiger partial charge in [0.2, 0.25) is 0 Å². The minimum Gasteiger partial charge on any atom is -0.456 e. The number of benzene rings is 20. The van der Waals surface area contributed by atoms with Crippen molar-refractivity contribution in [2.75, 3.05) is 0 Å². The molecule has 0 saturated carbocycles. The van der Waals surface area contributed by atoms with Gasteiger partial charge in [-0.1, -0.05) is 293 Å². The number of furan rings is 1. The minimum absolute atomic E-state index is 0.186. The molecule has 0 fully saturated rings. The number of rotatable bonds is 8. The predicted molar refractivity (Wildman–Crippen MR) is 533 cm³/mol. The topological polar surface area (TPSA) is 84.4 Å². The van der Waals surface area contributed by atoms with Crippen LogP contribution in [0.3, 0.4) is 0 Å². The number of nitrogens with zero attached hydrogens (tertiary/aromatic N) is 8. The van der Waals surface area contributed by atoms with Crippen LogP contribution in [0.15, 0.2) is 417 Å². The van der Waals surface area contributed by atoms with Gasteiger partial charge in [0, 0.05) is 114 Å². The van der Waals surface area contributed by atoms with E-state index in [0.29, 0.717) is 11.6 Å². The number of hydrogen-bond donors (Lipinski definition) is 0. The van der Waals surface area contributed by atoms with Gasteiger partial charge >= 0.3 is 0 Å². The summed E-state index contributed by atoms with van der Waals surface area (Å²) in [6.45, 7) is 4.69. The van der Waals surface area contributed by atoms with Gasteiger partial charge in [-0.2, -0.15) is 0 Å². The SMILES string of the molecule is CC1(C)c2ccccc2-c2cccc(-c3nc(-c4cccc(-n5c6ccccc6c6cc7c(-n8c9ccccc9c9cc%10ccccc%10cc98)cccc7cc65)c4)nc4ccccc34)c21.c1cc(-c2nc(-c3cccc4oc5ccccc5c34)c3ccccc3n2)cc(-n2c3ccccc3c3cc4c(-n5c6ccccc6c6cc7ccccc7cc65)cccc4cc32)c1. The molecule has 0 aliphatic heterocycles. The van der Waals surface area contributed by atoms with E-state index in [0.717, 1.165) is 117 Å². The Morgan fingerprint density at radius 2 is 0.586 bits per heavy atom. The van der Waals surface area contributed by atoms with Crippen molar-refractivity contribution in [1.82, 2.24) is 38.2 Å². The lowest BCUT2D eigenvalue weighted by molar-refractivity contribution is 0.662. The molecule has 20 aromatic carbocycles. The Hall–Kier alpha value is -16.9. The molecule has 596 valence electrons. The van der Waals surface area contributed by atoms with Crippen LogP contribution in [0.4, 0.5) is 0 Å². The Kier molecular flexibility index (Phi) is 15.4. The fourth-order valence-electron chi connectivity index (χ4n) is 21.6. The molecule has 27 aromatic rings. The van der Waals surface area contributed by atoms with E-state index >= 15 is 0 Å². The summed E-state index contributed by atoms with van der Waals surface area (Å²) >= 11 is 0. The van der Waals surface area contributed by atoms with Gasteiger partial charge in [0.1, 0.15) is 11.2 Å². The van der Waals surface area contributed by atoms with E-state index in [9.17, 15) is 0 Å². The average Bonchev–Trinajstić information content (AvgIpc) is 1.56. The highest BCUT2D eigenvalue weighted by Crippen LogP contribution is 2.54. The van der Waals surface area contributed by atoms with Gasteiger partial charge in [0.15, 0.2) is 11.6 Å². The van der Waals surface area contributed by atoms with Crippen molar-refractivity contribution in [3.8, 4) is 79.2 Å². The van der Waals surface area contributed by atoms with Gasteiger partial charge in [-0.05, 0) is 188 Å². The lowest BCUT2D eigenvalue weighted by atomic mass is 9.79. The summed E-state index contributed by atoms with van der Waals surface area (Å²) in [6.07, 6.45) is 0. The highest BCUT2D eigenvalue weighted by Gasteiger charge is 2.38. The first-order valence-corrected chi connectivity index (χ1v) is 43.9. The molecule has 28 rings (SSSR count). The molecule has 7 aromatic heterocycles. The van der Waals surface area contributed by atoms with Gasteiger partial charge in [-0.3, -0.25) is 0 Å². The molecule has 0 unspecified atom stereocenters. The van der Waals surface area contributed by atoms with Crippen LogP contribution in [-0.2, 0) is 5.41 Å². The lowest BCUT2D eigenvalue weighted by Crippen LogP contribution is -2.16. The normalized spacial score (nSPS) is 12.7. The molecular formula is C119H74N8O. The molecule has 1 aliphatic carbocycles. The lowest BCUT2D eigenvalue weighted by Gasteiger charge is -2.24. The Bertz CT molecular complexity index is 9480. The second kappa shape index (κ2) is 27.6. The van der Waals surface area contributed by atoms with Gasteiger partial charge in [0.05, 0.1) is 77.9 Å². The zero-order valence-electron chi connectivity index (χ0n) is 69.7. The second-order valence-corrected chi connectivity index (χ2v) is 34.7. The highest BCUT2D eigenvalue weighted by molar-refractivity contribution is 6.21. The smallest absolute Gasteiger partial charge is 0.160 e. The third kappa shape index (κ3) is 10.7. The molecular weight excluding hydrogens is 1560 g/mol. The predicted octanol–water partition coefficient (Wildman–Crippen LogP) is 31.1. The molecule has 0 spiro atoms. The van der Waals surface area contributed by atoms with Gasteiger partial charge < -0.3 is 22.7 Å². The molecule has 9 heteroatoms. The number of para-hydroxylation sites is 7. The summed E-state index contributed by atoms with van der Waals surface area (Å²) in [4.78, 5) is 21.4. The average molecular weight is 1630 g/mol. The number of fused-ring (bicyclic) bond motifs is 24. The van der Waals surface area contributed by atoms with E-state index in [1.807, 2.05) is 24.3 Å². The van der Waals surface area contributed by atoms with Crippen molar-refractivity contribution in [3.05, 3.63) is 424 Å². The third-order valence-corrected chi connectivity index (χ3v) is 27.3. The van der Waals surface area contributed by atoms with Crippen LogP contribution in [0.25, 0.3) is 253 Å². The molecule has 9 nitrogen and oxygen atoms in total. The van der Waals surface area contributed by atoms with Crippen LogP contribution in [0.5, 0.6) is 0 Å². The first kappa shape index (κ1) is 71.7. The van der Waals surface area contributed by atoms with Crippen molar-refractivity contribution in [3.63, 3.8) is 0 Å². The molecule has 0 saturated heterocycles. The van der Waals surface area contributed by atoms with Crippen molar-refractivity contribution in [2.24, 2.45) is 0 Å². The molecule has 0 bridgehead atoms. The number of aromatic nitrogens is 8. The van der Waals surface area contributed by atoms with Gasteiger partial charge in [0.25, 0.3) is 0 Å². The quantitative estimate of drug-likeness (QED) is 0.151. The Morgan fingerprint density at radius 3 is 1.12 bits per heavy atom. The maximum absolute atomic E-state index is 6.32. The summed E-state index contributed by atoms with van der Waals surface area (Å²) in [6, 6.07) is 149. The third-order valence-electron chi connectivity index (χ3n) is 27.3. The van der Waals surface area contributed by atoms with Crippen LogP contribution < -0.4 is 0 Å². The summed E-state index contributed by atoms with van der Waals surface area (Å²) < 4.78 is 16.1. The first-order valence-electron chi connectivity index (χ1n) is 43.9. The first-order chi connectivity index (χ1) is 63.2. The molecule has 0 atom stereocenters. The molecule has 0 amide bonds. The molecule has 128 heavy (non-hydrogen) atoms. The van der Waals surface area contributed by atoms with E-state index in [-0.39, 0.29) is 5.41 Å². The maximum Gasteiger partial charge on any atom is 0.160 e. The standard InChI is InChI=1S/C61H40N4.C58H34N4O/c1-61(2)51-27-9-5-21-42(51)45-25-15-26-47(58(45)61)59-46-24-6-10-28-52(46)62-60(63-59)40-19-13-20-41(32-40)64-53-29-11-7-23-44(53)50-36-48-39(35-56(50)64)18-14-31-55(48)65-54-30-12-8-22-43(54)49-33-37-16-3-4-17-38(37)34-57(49)65;1-2-15-36-32-53-46(31-35(36)14-1)40-19-5-9-26-50(40)62(53)51-27-12-16-37-33-52-47(34-45(37)51)41-20-4-8-25-49(41)61(52)39-18-11-17-38(30-39)58-59-48-24-7-3-21-42(48)57(60-58)44-23-13-29-55-56(44)43-22-6-10-28-54(43)63-55/h3-36H,1-2H3;1-34H. The van der Waals surface area contributed by atoms with E-state index in [2.05, 4.69) is 420 Å². The summed E-state index contributed by atoms with van der Waals surface area (Å²) in [5.41, 5.74) is 28.4. The zero-order valence-corrected chi connectivity index (χ0v) is 69.7. The summed E-state index contributed by atoms with van der Waals surface area (Å²) in [5.74, 6) is 1.38. The summed E-state index contributed by atoms with van der Waals surface area (Å²) in [5, 5.41) is 23.8. The van der Waals surface area contributed by atoms with Crippen LogP contribution in [-0.4, -0.2) is 38.2 Å².